The number of hydrogen-bond acceptors (Lipinski definition) is 2. The molecule has 0 spiro atoms. The van der Waals surface area contributed by atoms with Crippen LogP contribution in [-0.4, -0.2) is 35.3 Å². The lowest BCUT2D eigenvalue weighted by Gasteiger charge is -2.24. The van der Waals surface area contributed by atoms with E-state index in [4.69, 9.17) is 11.6 Å². The molecule has 4 nitrogen and oxygen atoms in total. The van der Waals surface area contributed by atoms with Gasteiger partial charge in [-0.2, -0.15) is 0 Å². The quantitative estimate of drug-likeness (QED) is 0.928. The first kappa shape index (κ1) is 15.8. The van der Waals surface area contributed by atoms with Crippen molar-refractivity contribution in [3.8, 4) is 0 Å². The molecule has 114 valence electrons. The Labute approximate surface area is 130 Å². The van der Waals surface area contributed by atoms with Crippen molar-refractivity contribution < 1.29 is 9.59 Å². The third kappa shape index (κ3) is 4.21. The van der Waals surface area contributed by atoms with E-state index in [0.29, 0.717) is 11.6 Å². The van der Waals surface area contributed by atoms with Gasteiger partial charge in [0.15, 0.2) is 0 Å². The first-order valence-corrected chi connectivity index (χ1v) is 7.67. The maximum Gasteiger partial charge on any atom is 0.243 e. The van der Waals surface area contributed by atoms with Crippen LogP contribution in [0.4, 0.5) is 0 Å². The molecular weight excluding hydrogens is 288 g/mol. The first-order chi connectivity index (χ1) is 9.97. The lowest BCUT2D eigenvalue weighted by Crippen LogP contribution is -2.48. The zero-order valence-corrected chi connectivity index (χ0v) is 13.2. The molecule has 0 bridgehead atoms. The number of hydrogen-bond donors (Lipinski definition) is 1. The number of benzene rings is 1. The van der Waals surface area contributed by atoms with E-state index in [0.717, 1.165) is 24.8 Å². The van der Waals surface area contributed by atoms with E-state index in [-0.39, 0.29) is 23.9 Å². The van der Waals surface area contributed by atoms with Gasteiger partial charge in [-0.1, -0.05) is 23.7 Å². The molecule has 1 aromatic carbocycles. The molecule has 2 rings (SSSR count). The summed E-state index contributed by atoms with van der Waals surface area (Å²) in [5, 5.41) is 3.70. The highest BCUT2D eigenvalue weighted by molar-refractivity contribution is 6.30. The van der Waals surface area contributed by atoms with Gasteiger partial charge in [0, 0.05) is 24.5 Å². The molecule has 1 N–H and O–H groups in total. The van der Waals surface area contributed by atoms with Crippen LogP contribution in [0.1, 0.15) is 32.3 Å². The van der Waals surface area contributed by atoms with Crippen molar-refractivity contribution >= 4 is 23.4 Å². The predicted molar refractivity (Wildman–Crippen MR) is 83.2 cm³/mol. The molecule has 0 unspecified atom stereocenters. The topological polar surface area (TPSA) is 49.4 Å². The fourth-order valence-electron chi connectivity index (χ4n) is 2.82. The Kier molecular flexibility index (Phi) is 5.23. The van der Waals surface area contributed by atoms with Gasteiger partial charge >= 0.3 is 0 Å². The van der Waals surface area contributed by atoms with Gasteiger partial charge in [-0.15, -0.1) is 0 Å². The summed E-state index contributed by atoms with van der Waals surface area (Å²) in [5.41, 5.74) is 1.09. The van der Waals surface area contributed by atoms with E-state index in [1.165, 1.54) is 6.92 Å². The SMILES string of the molecule is CC(=O)N1CCC[C@H]1C(=O)N[C@@H](C)Cc1cccc(Cl)c1. The molecule has 1 heterocycles. The minimum atomic E-state index is -0.315. The molecule has 21 heavy (non-hydrogen) atoms. The van der Waals surface area contributed by atoms with Crippen LogP contribution in [0.15, 0.2) is 24.3 Å². The second kappa shape index (κ2) is 6.94. The molecular formula is C16H21ClN2O2. The minimum absolute atomic E-state index is 0.00498. The smallest absolute Gasteiger partial charge is 0.243 e. The lowest BCUT2D eigenvalue weighted by molar-refractivity contribution is -0.137. The fraction of sp³-hybridized carbons (Fsp3) is 0.500. The van der Waals surface area contributed by atoms with Gasteiger partial charge in [0.25, 0.3) is 0 Å². The van der Waals surface area contributed by atoms with Crippen LogP contribution in [0, 0.1) is 0 Å². The van der Waals surface area contributed by atoms with Crippen molar-refractivity contribution in [1.29, 1.82) is 0 Å². The molecule has 5 heteroatoms. The molecule has 0 radical (unpaired) electrons. The summed E-state index contributed by atoms with van der Waals surface area (Å²) in [5.74, 6) is -0.0904. The van der Waals surface area contributed by atoms with Gasteiger partial charge in [0.05, 0.1) is 0 Å². The van der Waals surface area contributed by atoms with Crippen molar-refractivity contribution in [3.63, 3.8) is 0 Å². The summed E-state index contributed by atoms with van der Waals surface area (Å²) in [6.45, 7) is 4.16. The molecule has 1 aromatic rings. The minimum Gasteiger partial charge on any atom is -0.352 e. The van der Waals surface area contributed by atoms with Crippen molar-refractivity contribution in [2.75, 3.05) is 6.54 Å². The van der Waals surface area contributed by atoms with Crippen LogP contribution in [0.3, 0.4) is 0 Å². The summed E-state index contributed by atoms with van der Waals surface area (Å²) >= 11 is 5.96. The molecule has 1 aliphatic heterocycles. The van der Waals surface area contributed by atoms with E-state index in [1.807, 2.05) is 31.2 Å². The zero-order chi connectivity index (χ0) is 15.4. The first-order valence-electron chi connectivity index (χ1n) is 7.29. The van der Waals surface area contributed by atoms with E-state index in [9.17, 15) is 9.59 Å². The van der Waals surface area contributed by atoms with Crippen LogP contribution < -0.4 is 5.32 Å². The van der Waals surface area contributed by atoms with Gasteiger partial charge in [-0.05, 0) is 43.9 Å². The van der Waals surface area contributed by atoms with E-state index >= 15 is 0 Å². The Morgan fingerprint density at radius 1 is 1.48 bits per heavy atom. The summed E-state index contributed by atoms with van der Waals surface area (Å²) in [6.07, 6.45) is 2.36. The van der Waals surface area contributed by atoms with Gasteiger partial charge in [-0.3, -0.25) is 9.59 Å². The lowest BCUT2D eigenvalue weighted by atomic mass is 10.1. The number of carbonyl (C=O) groups is 2. The Balaban J connectivity index is 1.91. The number of nitrogens with zero attached hydrogens (tertiary/aromatic N) is 1. The van der Waals surface area contributed by atoms with Crippen LogP contribution in [0.5, 0.6) is 0 Å². The Bertz CT molecular complexity index is 533. The number of likely N-dealkylation sites (tertiary alicyclic amines) is 1. The average Bonchev–Trinajstić information content (AvgIpc) is 2.87. The molecule has 2 atom stereocenters. The maximum absolute atomic E-state index is 12.3. The number of amides is 2. The van der Waals surface area contributed by atoms with Gasteiger partial charge in [0.2, 0.25) is 11.8 Å². The molecule has 1 saturated heterocycles. The third-order valence-electron chi connectivity index (χ3n) is 3.78. The zero-order valence-electron chi connectivity index (χ0n) is 12.4. The Morgan fingerprint density at radius 2 is 2.24 bits per heavy atom. The number of halogens is 1. The van der Waals surface area contributed by atoms with Crippen LogP contribution in [-0.2, 0) is 16.0 Å². The van der Waals surface area contributed by atoms with Crippen molar-refractivity contribution in [3.05, 3.63) is 34.9 Å². The average molecular weight is 309 g/mol. The van der Waals surface area contributed by atoms with Crippen LogP contribution in [0.25, 0.3) is 0 Å². The molecule has 1 aliphatic rings. The predicted octanol–water partition coefficient (Wildman–Crippen LogP) is 2.40. The monoisotopic (exact) mass is 308 g/mol. The van der Waals surface area contributed by atoms with Gasteiger partial charge in [-0.25, -0.2) is 0 Å². The highest BCUT2D eigenvalue weighted by atomic mass is 35.5. The van der Waals surface area contributed by atoms with Crippen LogP contribution >= 0.6 is 11.6 Å². The second-order valence-electron chi connectivity index (χ2n) is 5.61. The highest BCUT2D eigenvalue weighted by Gasteiger charge is 2.32. The molecule has 0 aliphatic carbocycles. The largest absolute Gasteiger partial charge is 0.352 e. The summed E-state index contributed by atoms with van der Waals surface area (Å²) < 4.78 is 0. The standard InChI is InChI=1S/C16H21ClN2O2/c1-11(9-13-5-3-6-14(17)10-13)18-16(21)15-7-4-8-19(15)12(2)20/h3,5-6,10-11,15H,4,7-9H2,1-2H3,(H,18,21)/t11-,15-/m0/s1. The normalized spacial score (nSPS) is 19.4. The molecule has 0 saturated carbocycles. The Morgan fingerprint density at radius 3 is 2.90 bits per heavy atom. The fourth-order valence-corrected chi connectivity index (χ4v) is 3.04. The molecule has 1 fully saturated rings. The summed E-state index contributed by atoms with van der Waals surface area (Å²) in [6, 6.07) is 7.32. The number of carbonyl (C=O) groups excluding carboxylic acids is 2. The van der Waals surface area contributed by atoms with E-state index in [2.05, 4.69) is 5.32 Å². The van der Waals surface area contributed by atoms with E-state index in [1.54, 1.807) is 4.90 Å². The van der Waals surface area contributed by atoms with Crippen molar-refractivity contribution in [2.45, 2.75) is 45.2 Å². The molecule has 2 amide bonds. The number of nitrogens with one attached hydrogen (secondary N) is 1. The van der Waals surface area contributed by atoms with Gasteiger partial charge < -0.3 is 10.2 Å². The van der Waals surface area contributed by atoms with Crippen LogP contribution in [0.2, 0.25) is 5.02 Å². The van der Waals surface area contributed by atoms with Gasteiger partial charge in [0.1, 0.15) is 6.04 Å². The Hall–Kier alpha value is -1.55. The van der Waals surface area contributed by atoms with Crippen molar-refractivity contribution in [2.24, 2.45) is 0 Å². The molecule has 0 aromatic heterocycles. The highest BCUT2D eigenvalue weighted by Crippen LogP contribution is 2.18. The number of rotatable bonds is 4. The second-order valence-corrected chi connectivity index (χ2v) is 6.05. The van der Waals surface area contributed by atoms with Crippen molar-refractivity contribution in [1.82, 2.24) is 10.2 Å². The maximum atomic E-state index is 12.3. The summed E-state index contributed by atoms with van der Waals surface area (Å²) in [7, 11) is 0. The summed E-state index contributed by atoms with van der Waals surface area (Å²) in [4.78, 5) is 25.5. The van der Waals surface area contributed by atoms with E-state index < -0.39 is 0 Å². The third-order valence-corrected chi connectivity index (χ3v) is 4.01.